The average Bonchev–Trinajstić information content (AvgIpc) is 3.00. The van der Waals surface area contributed by atoms with Gasteiger partial charge in [0.05, 0.1) is 0 Å². The first-order valence-corrected chi connectivity index (χ1v) is 6.94. The summed E-state index contributed by atoms with van der Waals surface area (Å²) < 4.78 is 0. The maximum atomic E-state index is 4.11. The molecule has 1 aromatic heterocycles. The van der Waals surface area contributed by atoms with Gasteiger partial charge in [-0.3, -0.25) is 5.10 Å². The molecule has 0 bridgehead atoms. The second-order valence-corrected chi connectivity index (χ2v) is 4.89. The monoisotopic (exact) mass is 266 g/mol. The first kappa shape index (κ1) is 12.8. The lowest BCUT2D eigenvalue weighted by Crippen LogP contribution is -2.15. The van der Waals surface area contributed by atoms with Crippen molar-refractivity contribution in [2.24, 2.45) is 0 Å². The van der Waals surface area contributed by atoms with Crippen molar-refractivity contribution < 1.29 is 0 Å². The van der Waals surface area contributed by atoms with Crippen LogP contribution in [0.4, 0.5) is 0 Å². The number of nitrogens with zero attached hydrogens (tertiary/aromatic N) is 2. The van der Waals surface area contributed by atoms with Gasteiger partial charge in [0.15, 0.2) is 0 Å². The number of hydrogen-bond acceptors (Lipinski definition) is 3. The Morgan fingerprint density at radius 3 is 2.80 bits per heavy atom. The van der Waals surface area contributed by atoms with Crippen molar-refractivity contribution in [1.29, 1.82) is 0 Å². The topological polar surface area (TPSA) is 53.6 Å². The summed E-state index contributed by atoms with van der Waals surface area (Å²) in [6.07, 6.45) is 3.55. The number of aryl methyl sites for hydroxylation is 1. The van der Waals surface area contributed by atoms with Crippen LogP contribution in [0.25, 0.3) is 10.8 Å². The molecule has 0 aliphatic rings. The normalized spacial score (nSPS) is 11.0. The molecule has 2 aromatic carbocycles. The van der Waals surface area contributed by atoms with Crippen LogP contribution in [0, 0.1) is 0 Å². The van der Waals surface area contributed by atoms with Gasteiger partial charge < -0.3 is 5.32 Å². The van der Waals surface area contributed by atoms with Gasteiger partial charge in [-0.25, -0.2) is 4.98 Å². The van der Waals surface area contributed by atoms with Crippen molar-refractivity contribution in [3.63, 3.8) is 0 Å². The highest BCUT2D eigenvalue weighted by atomic mass is 15.2. The lowest BCUT2D eigenvalue weighted by Gasteiger charge is -2.06. The van der Waals surface area contributed by atoms with Crippen molar-refractivity contribution in [1.82, 2.24) is 20.5 Å². The summed E-state index contributed by atoms with van der Waals surface area (Å²) in [5.74, 6) is 0.956. The van der Waals surface area contributed by atoms with Gasteiger partial charge in [0, 0.05) is 13.0 Å². The molecule has 0 fully saturated rings. The van der Waals surface area contributed by atoms with E-state index in [9.17, 15) is 0 Å². The molecule has 4 heteroatoms. The Kier molecular flexibility index (Phi) is 4.04. The third-order valence-electron chi connectivity index (χ3n) is 3.38. The molecule has 0 radical (unpaired) electrons. The van der Waals surface area contributed by atoms with Crippen LogP contribution >= 0.6 is 0 Å². The molecule has 20 heavy (non-hydrogen) atoms. The van der Waals surface area contributed by atoms with E-state index in [2.05, 4.69) is 63.0 Å². The zero-order chi connectivity index (χ0) is 13.6. The van der Waals surface area contributed by atoms with E-state index in [1.807, 2.05) is 0 Å². The van der Waals surface area contributed by atoms with E-state index in [4.69, 9.17) is 0 Å². The Bertz CT molecular complexity index is 661. The first-order chi connectivity index (χ1) is 9.92. The van der Waals surface area contributed by atoms with Crippen molar-refractivity contribution in [3.05, 3.63) is 60.2 Å². The molecule has 0 aliphatic carbocycles. The van der Waals surface area contributed by atoms with Gasteiger partial charge in [-0.15, -0.1) is 0 Å². The second-order valence-electron chi connectivity index (χ2n) is 4.89. The Balaban J connectivity index is 1.47. The minimum Gasteiger partial charge on any atom is -0.313 e. The summed E-state index contributed by atoms with van der Waals surface area (Å²) in [6, 6.07) is 15.1. The van der Waals surface area contributed by atoms with E-state index >= 15 is 0 Å². The number of aromatic amines is 1. The number of fused-ring (bicyclic) bond motifs is 1. The average molecular weight is 266 g/mol. The molecule has 2 N–H and O–H groups in total. The van der Waals surface area contributed by atoms with Gasteiger partial charge >= 0.3 is 0 Å². The minimum atomic E-state index is 0.904. The molecule has 1 heterocycles. The van der Waals surface area contributed by atoms with Gasteiger partial charge in [0.2, 0.25) is 0 Å². The number of nitrogens with one attached hydrogen (secondary N) is 2. The molecule has 102 valence electrons. The molecule has 0 saturated heterocycles. The molecule has 0 saturated carbocycles. The number of benzene rings is 2. The minimum absolute atomic E-state index is 0.904. The van der Waals surface area contributed by atoms with Crippen molar-refractivity contribution in [3.8, 4) is 0 Å². The summed E-state index contributed by atoms with van der Waals surface area (Å²) in [6.45, 7) is 1.88. The third kappa shape index (κ3) is 3.22. The fourth-order valence-corrected chi connectivity index (χ4v) is 2.31. The molecule has 4 nitrogen and oxygen atoms in total. The Hall–Kier alpha value is -2.20. The number of H-pyrrole nitrogens is 1. The molecule has 3 aromatic rings. The highest BCUT2D eigenvalue weighted by Crippen LogP contribution is 2.15. The fourth-order valence-electron chi connectivity index (χ4n) is 2.31. The summed E-state index contributed by atoms with van der Waals surface area (Å²) in [5.41, 5.74) is 1.32. The standard InChI is InChI=1S/C16H18N4/c1-2-5-15-10-13(7-8-14(15)4-1)11-17-9-3-6-16-18-12-19-20-16/h1-2,4-5,7-8,10,12,17H,3,6,9,11H2,(H,18,19,20). The van der Waals surface area contributed by atoms with E-state index in [0.29, 0.717) is 0 Å². The summed E-state index contributed by atoms with van der Waals surface area (Å²) in [4.78, 5) is 4.11. The van der Waals surface area contributed by atoms with Crippen LogP contribution in [0.15, 0.2) is 48.8 Å². The highest BCUT2D eigenvalue weighted by Gasteiger charge is 1.97. The molecular formula is C16H18N4. The molecule has 0 atom stereocenters. The predicted octanol–water partition coefficient (Wildman–Crippen LogP) is 2.68. The lowest BCUT2D eigenvalue weighted by atomic mass is 10.1. The van der Waals surface area contributed by atoms with E-state index in [1.165, 1.54) is 16.3 Å². The van der Waals surface area contributed by atoms with Crippen LogP contribution in [0.2, 0.25) is 0 Å². The smallest absolute Gasteiger partial charge is 0.137 e. The van der Waals surface area contributed by atoms with E-state index in [1.54, 1.807) is 6.33 Å². The molecule has 0 amide bonds. The fraction of sp³-hybridized carbons (Fsp3) is 0.250. The van der Waals surface area contributed by atoms with E-state index in [0.717, 1.165) is 31.8 Å². The van der Waals surface area contributed by atoms with Crippen molar-refractivity contribution in [2.75, 3.05) is 6.54 Å². The van der Waals surface area contributed by atoms with E-state index < -0.39 is 0 Å². The van der Waals surface area contributed by atoms with Gasteiger partial charge in [-0.2, -0.15) is 5.10 Å². The van der Waals surface area contributed by atoms with Crippen LogP contribution < -0.4 is 5.32 Å². The molecule has 0 unspecified atom stereocenters. The number of hydrogen-bond donors (Lipinski definition) is 2. The second kappa shape index (κ2) is 6.30. The Labute approximate surface area is 118 Å². The zero-order valence-electron chi connectivity index (χ0n) is 11.3. The first-order valence-electron chi connectivity index (χ1n) is 6.94. The lowest BCUT2D eigenvalue weighted by molar-refractivity contribution is 0.640. The van der Waals surface area contributed by atoms with Gasteiger partial charge in [-0.1, -0.05) is 36.4 Å². The maximum Gasteiger partial charge on any atom is 0.137 e. The summed E-state index contributed by atoms with van der Waals surface area (Å²) >= 11 is 0. The molecular weight excluding hydrogens is 248 g/mol. The molecule has 0 aliphatic heterocycles. The van der Waals surface area contributed by atoms with Gasteiger partial charge in [-0.05, 0) is 35.4 Å². The maximum absolute atomic E-state index is 4.11. The van der Waals surface area contributed by atoms with Crippen LogP contribution in [-0.2, 0) is 13.0 Å². The Morgan fingerprint density at radius 2 is 1.95 bits per heavy atom. The van der Waals surface area contributed by atoms with Crippen molar-refractivity contribution >= 4 is 10.8 Å². The summed E-state index contributed by atoms with van der Waals surface area (Å²) in [7, 11) is 0. The third-order valence-corrected chi connectivity index (χ3v) is 3.38. The van der Waals surface area contributed by atoms with Gasteiger partial charge in [0.1, 0.15) is 12.2 Å². The SMILES string of the molecule is c1ccc2cc(CNCCCc3ncn[nH]3)ccc2c1. The van der Waals surface area contributed by atoms with Crippen LogP contribution in [0.1, 0.15) is 17.8 Å². The molecule has 3 rings (SSSR count). The highest BCUT2D eigenvalue weighted by molar-refractivity contribution is 5.82. The van der Waals surface area contributed by atoms with Crippen LogP contribution in [0.3, 0.4) is 0 Å². The summed E-state index contributed by atoms with van der Waals surface area (Å²) in [5, 5.41) is 12.8. The largest absolute Gasteiger partial charge is 0.313 e. The van der Waals surface area contributed by atoms with Crippen molar-refractivity contribution in [2.45, 2.75) is 19.4 Å². The Morgan fingerprint density at radius 1 is 1.05 bits per heavy atom. The molecule has 0 spiro atoms. The predicted molar refractivity (Wildman–Crippen MR) is 80.4 cm³/mol. The van der Waals surface area contributed by atoms with Gasteiger partial charge in [0.25, 0.3) is 0 Å². The number of rotatable bonds is 6. The van der Waals surface area contributed by atoms with Crippen LogP contribution in [0.5, 0.6) is 0 Å². The zero-order valence-corrected chi connectivity index (χ0v) is 11.3. The van der Waals surface area contributed by atoms with Crippen LogP contribution in [-0.4, -0.2) is 21.7 Å². The quantitative estimate of drug-likeness (QED) is 0.674. The number of aromatic nitrogens is 3. The van der Waals surface area contributed by atoms with E-state index in [-0.39, 0.29) is 0 Å².